The summed E-state index contributed by atoms with van der Waals surface area (Å²) in [5.41, 5.74) is 1.79. The maximum absolute atomic E-state index is 10.5. The molecule has 0 saturated carbocycles. The van der Waals surface area contributed by atoms with Crippen molar-refractivity contribution in [2.75, 3.05) is 0 Å². The number of aromatic nitrogens is 1. The smallest absolute Gasteiger partial charge is 0.269 e. The molecule has 0 aliphatic carbocycles. The molecule has 19 heavy (non-hydrogen) atoms. The van der Waals surface area contributed by atoms with E-state index >= 15 is 0 Å². The topological polar surface area (TPSA) is 65.3 Å². The predicted molar refractivity (Wildman–Crippen MR) is 71.7 cm³/mol. The highest BCUT2D eigenvalue weighted by atomic mass is 35.5. The average molecular weight is 279 g/mol. The Bertz CT molecular complexity index is 599. The van der Waals surface area contributed by atoms with Crippen LogP contribution in [0.5, 0.6) is 11.6 Å². The molecule has 1 heterocycles. The number of benzene rings is 1. The van der Waals surface area contributed by atoms with Crippen LogP contribution in [-0.2, 0) is 5.88 Å². The third-order valence-electron chi connectivity index (χ3n) is 2.50. The lowest BCUT2D eigenvalue weighted by Crippen LogP contribution is -1.93. The van der Waals surface area contributed by atoms with Gasteiger partial charge in [0.2, 0.25) is 5.88 Å². The molecular weight excluding hydrogens is 268 g/mol. The van der Waals surface area contributed by atoms with Crippen molar-refractivity contribution in [2.24, 2.45) is 0 Å². The summed E-state index contributed by atoms with van der Waals surface area (Å²) < 4.78 is 5.57. The molecule has 0 aliphatic heterocycles. The molecule has 98 valence electrons. The number of nitro groups is 1. The van der Waals surface area contributed by atoms with E-state index in [9.17, 15) is 10.1 Å². The Morgan fingerprint density at radius 2 is 2.05 bits per heavy atom. The molecule has 2 rings (SSSR count). The zero-order valence-corrected chi connectivity index (χ0v) is 10.9. The molecule has 5 nitrogen and oxygen atoms in total. The average Bonchev–Trinajstić information content (AvgIpc) is 2.41. The summed E-state index contributed by atoms with van der Waals surface area (Å²) >= 11 is 5.71. The van der Waals surface area contributed by atoms with Gasteiger partial charge in [-0.05, 0) is 30.7 Å². The van der Waals surface area contributed by atoms with Gasteiger partial charge in [0, 0.05) is 29.8 Å². The third-order valence-corrected chi connectivity index (χ3v) is 2.81. The molecular formula is C13H11ClN2O3. The molecule has 1 aromatic heterocycles. The first kappa shape index (κ1) is 13.3. The van der Waals surface area contributed by atoms with E-state index in [0.717, 1.165) is 11.1 Å². The third kappa shape index (κ3) is 3.20. The fourth-order valence-electron chi connectivity index (χ4n) is 1.55. The second-order valence-electron chi connectivity index (χ2n) is 3.95. The number of hydrogen-bond acceptors (Lipinski definition) is 4. The molecule has 0 saturated heterocycles. The molecule has 2 aromatic rings. The van der Waals surface area contributed by atoms with Gasteiger partial charge in [-0.1, -0.05) is 0 Å². The fourth-order valence-corrected chi connectivity index (χ4v) is 1.69. The summed E-state index contributed by atoms with van der Waals surface area (Å²) in [4.78, 5) is 14.2. The van der Waals surface area contributed by atoms with Crippen LogP contribution in [0.2, 0.25) is 0 Å². The lowest BCUT2D eigenvalue weighted by atomic mass is 10.2. The Hall–Kier alpha value is -2.14. The quantitative estimate of drug-likeness (QED) is 0.484. The first-order valence-corrected chi connectivity index (χ1v) is 6.07. The monoisotopic (exact) mass is 278 g/mol. The van der Waals surface area contributed by atoms with Gasteiger partial charge < -0.3 is 4.74 Å². The van der Waals surface area contributed by atoms with Crippen molar-refractivity contribution in [3.05, 3.63) is 57.8 Å². The van der Waals surface area contributed by atoms with Crippen LogP contribution in [-0.4, -0.2) is 9.91 Å². The van der Waals surface area contributed by atoms with E-state index in [1.807, 2.05) is 13.0 Å². The predicted octanol–water partition coefficient (Wildman–Crippen LogP) is 3.83. The van der Waals surface area contributed by atoms with Gasteiger partial charge in [-0.15, -0.1) is 11.6 Å². The van der Waals surface area contributed by atoms with Crippen LogP contribution in [0, 0.1) is 17.0 Å². The number of non-ortho nitro benzene ring substituents is 1. The Morgan fingerprint density at radius 3 is 2.58 bits per heavy atom. The number of ether oxygens (including phenoxy) is 1. The number of nitrogens with zero attached hydrogens (tertiary/aromatic N) is 2. The van der Waals surface area contributed by atoms with Crippen molar-refractivity contribution in [2.45, 2.75) is 12.8 Å². The van der Waals surface area contributed by atoms with Crippen molar-refractivity contribution < 1.29 is 9.66 Å². The SMILES string of the molecule is Cc1cc(CCl)cnc1Oc1ccc([N+](=O)[O-])cc1. The van der Waals surface area contributed by atoms with Gasteiger partial charge >= 0.3 is 0 Å². The minimum Gasteiger partial charge on any atom is -0.439 e. The minimum atomic E-state index is -0.456. The summed E-state index contributed by atoms with van der Waals surface area (Å²) in [6, 6.07) is 7.74. The number of pyridine rings is 1. The summed E-state index contributed by atoms with van der Waals surface area (Å²) in [6.07, 6.45) is 1.64. The van der Waals surface area contributed by atoms with Gasteiger partial charge in [0.1, 0.15) is 5.75 Å². The van der Waals surface area contributed by atoms with Crippen LogP contribution in [0.15, 0.2) is 36.5 Å². The zero-order valence-electron chi connectivity index (χ0n) is 10.2. The van der Waals surface area contributed by atoms with Crippen LogP contribution >= 0.6 is 11.6 Å². The highest BCUT2D eigenvalue weighted by Crippen LogP contribution is 2.25. The number of hydrogen-bond donors (Lipinski definition) is 0. The number of nitro benzene ring substituents is 1. The molecule has 0 unspecified atom stereocenters. The van der Waals surface area contributed by atoms with Gasteiger partial charge in [-0.25, -0.2) is 4.98 Å². The first-order valence-electron chi connectivity index (χ1n) is 5.54. The molecule has 0 fully saturated rings. The first-order chi connectivity index (χ1) is 9.10. The van der Waals surface area contributed by atoms with Crippen LogP contribution in [0.3, 0.4) is 0 Å². The van der Waals surface area contributed by atoms with Crippen LogP contribution in [0.4, 0.5) is 5.69 Å². The van der Waals surface area contributed by atoms with Crippen LogP contribution < -0.4 is 4.74 Å². The van der Waals surface area contributed by atoms with E-state index < -0.39 is 4.92 Å². The van der Waals surface area contributed by atoms with E-state index in [1.54, 1.807) is 6.20 Å². The van der Waals surface area contributed by atoms with Crippen LogP contribution in [0.25, 0.3) is 0 Å². The van der Waals surface area contributed by atoms with Crippen molar-refractivity contribution in [1.29, 1.82) is 0 Å². The Balaban J connectivity index is 2.19. The Kier molecular flexibility index (Phi) is 3.97. The van der Waals surface area contributed by atoms with Gasteiger partial charge in [0.15, 0.2) is 0 Å². The van der Waals surface area contributed by atoms with Gasteiger partial charge in [-0.3, -0.25) is 10.1 Å². The van der Waals surface area contributed by atoms with E-state index in [4.69, 9.17) is 16.3 Å². The van der Waals surface area contributed by atoms with Gasteiger partial charge in [0.05, 0.1) is 4.92 Å². The van der Waals surface area contributed by atoms with Crippen molar-refractivity contribution in [3.8, 4) is 11.6 Å². The summed E-state index contributed by atoms with van der Waals surface area (Å²) in [6.45, 7) is 1.86. The van der Waals surface area contributed by atoms with Crippen molar-refractivity contribution in [3.63, 3.8) is 0 Å². The maximum atomic E-state index is 10.5. The van der Waals surface area contributed by atoms with E-state index in [-0.39, 0.29) is 5.69 Å². The molecule has 0 atom stereocenters. The second kappa shape index (κ2) is 5.67. The molecule has 0 bridgehead atoms. The molecule has 0 amide bonds. The number of rotatable bonds is 4. The van der Waals surface area contributed by atoms with E-state index in [2.05, 4.69) is 4.98 Å². The Morgan fingerprint density at radius 1 is 1.37 bits per heavy atom. The number of aryl methyl sites for hydroxylation is 1. The standard InChI is InChI=1S/C13H11ClN2O3/c1-9-6-10(7-14)8-15-13(9)19-12-4-2-11(3-5-12)16(17)18/h2-6,8H,7H2,1H3. The number of alkyl halides is 1. The number of halogens is 1. The lowest BCUT2D eigenvalue weighted by molar-refractivity contribution is -0.384. The zero-order chi connectivity index (χ0) is 13.8. The molecule has 0 spiro atoms. The fraction of sp³-hybridized carbons (Fsp3) is 0.154. The summed E-state index contributed by atoms with van der Waals surface area (Å²) in [5, 5.41) is 10.5. The van der Waals surface area contributed by atoms with Crippen LogP contribution in [0.1, 0.15) is 11.1 Å². The van der Waals surface area contributed by atoms with Crippen molar-refractivity contribution >= 4 is 17.3 Å². The van der Waals surface area contributed by atoms with E-state index in [1.165, 1.54) is 24.3 Å². The summed E-state index contributed by atoms with van der Waals surface area (Å²) in [7, 11) is 0. The largest absolute Gasteiger partial charge is 0.439 e. The normalized spacial score (nSPS) is 10.2. The van der Waals surface area contributed by atoms with Gasteiger partial charge in [-0.2, -0.15) is 0 Å². The molecule has 0 radical (unpaired) electrons. The maximum Gasteiger partial charge on any atom is 0.269 e. The molecule has 6 heteroatoms. The van der Waals surface area contributed by atoms with Crippen molar-refractivity contribution in [1.82, 2.24) is 4.98 Å². The lowest BCUT2D eigenvalue weighted by Gasteiger charge is -2.08. The highest BCUT2D eigenvalue weighted by Gasteiger charge is 2.07. The van der Waals surface area contributed by atoms with E-state index in [0.29, 0.717) is 17.5 Å². The molecule has 0 aliphatic rings. The highest BCUT2D eigenvalue weighted by molar-refractivity contribution is 6.17. The summed E-state index contributed by atoms with van der Waals surface area (Å²) in [5.74, 6) is 1.36. The Labute approximate surface area is 115 Å². The van der Waals surface area contributed by atoms with Gasteiger partial charge in [0.25, 0.3) is 5.69 Å². The molecule has 1 aromatic carbocycles. The second-order valence-corrected chi connectivity index (χ2v) is 4.22. The molecule has 0 N–H and O–H groups in total. The minimum absolute atomic E-state index is 0.0227.